The Balaban J connectivity index is 0.000000555. The third-order valence-corrected chi connectivity index (χ3v) is 8.74. The lowest BCUT2D eigenvalue weighted by Gasteiger charge is -2.29. The average molecular weight is 967 g/mol. The maximum Gasteiger partial charge on any atom is 0.466 e. The molecule has 0 bridgehead atoms. The van der Waals surface area contributed by atoms with Gasteiger partial charge in [0, 0.05) is 63.2 Å². The highest BCUT2D eigenvalue weighted by molar-refractivity contribution is 7.45. The number of hydrogen-bond donors (Lipinski definition) is 5. The molecule has 2 unspecified atom stereocenters. The molecule has 360 valence electrons. The molecular weight excluding hydrogens is 927 g/mol. The van der Waals surface area contributed by atoms with Crippen LogP contribution in [0.2, 0.25) is 0 Å². The number of nitrogens with two attached hydrogens (primary N) is 2. The van der Waals surface area contributed by atoms with E-state index in [-0.39, 0.29) is 104 Å². The third kappa shape index (κ3) is 15.5. The van der Waals surface area contributed by atoms with Gasteiger partial charge in [-0.25, -0.2) is 30.9 Å². The smallest absolute Gasteiger partial charge is 0.412 e. The highest BCUT2D eigenvalue weighted by Crippen LogP contribution is 2.31. The van der Waals surface area contributed by atoms with Crippen molar-refractivity contribution >= 4 is 19.6 Å². The number of amides is 2. The van der Waals surface area contributed by atoms with Gasteiger partial charge in [-0.1, -0.05) is 0 Å². The van der Waals surface area contributed by atoms with Gasteiger partial charge < -0.3 is 61.5 Å². The van der Waals surface area contributed by atoms with Gasteiger partial charge in [0.1, 0.15) is 11.6 Å². The molecule has 2 aliphatic heterocycles. The number of benzene rings is 2. The molecule has 0 fully saturated rings. The molecule has 0 saturated carbocycles. The Labute approximate surface area is 351 Å². The summed E-state index contributed by atoms with van der Waals surface area (Å²) in [5.74, 6) is -10.3. The predicted molar refractivity (Wildman–Crippen MR) is 191 cm³/mol. The van der Waals surface area contributed by atoms with Gasteiger partial charge in [-0.2, -0.15) is 26.3 Å². The molecule has 64 heavy (non-hydrogen) atoms. The Hall–Kier alpha value is -5.27. The van der Waals surface area contributed by atoms with E-state index in [4.69, 9.17) is 30.7 Å². The number of phosphoric acid groups is 1. The Bertz CT molecular complexity index is 2120. The maximum atomic E-state index is 13.7. The van der Waals surface area contributed by atoms with E-state index in [1.54, 1.807) is 0 Å². The number of fused-ring (bicyclic) bond motifs is 2. The van der Waals surface area contributed by atoms with E-state index >= 15 is 0 Å². The van der Waals surface area contributed by atoms with Crippen molar-refractivity contribution in [2.24, 2.45) is 11.5 Å². The van der Waals surface area contributed by atoms with E-state index in [1.165, 1.54) is 9.80 Å². The van der Waals surface area contributed by atoms with Gasteiger partial charge in [0.05, 0.1) is 13.1 Å². The number of rotatable bonds is 8. The Morgan fingerprint density at radius 3 is 1.17 bits per heavy atom. The largest absolute Gasteiger partial charge is 0.466 e. The summed E-state index contributed by atoms with van der Waals surface area (Å²) in [4.78, 5) is 48.8. The van der Waals surface area contributed by atoms with Crippen molar-refractivity contribution < 1.29 is 97.9 Å². The van der Waals surface area contributed by atoms with Gasteiger partial charge in [0.25, 0.3) is 0 Å². The topological polar surface area (TPSA) is 326 Å². The van der Waals surface area contributed by atoms with Crippen LogP contribution in [0.5, 0.6) is 0 Å². The molecule has 2 atom stereocenters. The van der Waals surface area contributed by atoms with E-state index in [2.05, 4.69) is 20.4 Å². The second kappa shape index (κ2) is 22.6. The van der Waals surface area contributed by atoms with Crippen LogP contribution < -0.4 is 11.5 Å². The quantitative estimate of drug-likeness (QED) is 0.0923. The summed E-state index contributed by atoms with van der Waals surface area (Å²) in [7, 11) is -4.64. The van der Waals surface area contributed by atoms with Crippen LogP contribution in [0.1, 0.15) is 47.3 Å². The number of nitrogens with zero attached hydrogens (tertiary/aromatic N) is 8. The van der Waals surface area contributed by atoms with Gasteiger partial charge in [-0.05, 0) is 36.1 Å². The highest BCUT2D eigenvalue weighted by Gasteiger charge is 2.41. The van der Waals surface area contributed by atoms with Crippen LogP contribution in [0.25, 0.3) is 0 Å². The summed E-state index contributed by atoms with van der Waals surface area (Å²) in [6.07, 6.45) is -10.2. The Kier molecular flexibility index (Phi) is 20.0. The molecule has 0 saturated heterocycles. The molecule has 13 N–H and O–H groups in total. The number of carbonyl (C=O) groups excluding carboxylic acids is 2. The monoisotopic (exact) mass is 966 g/mol. The molecule has 2 aromatic heterocycles. The third-order valence-electron chi connectivity index (χ3n) is 8.74. The fourth-order valence-corrected chi connectivity index (χ4v) is 6.02. The summed E-state index contributed by atoms with van der Waals surface area (Å²) >= 11 is 0. The Morgan fingerprint density at radius 2 is 0.875 bits per heavy atom. The lowest BCUT2D eigenvalue weighted by molar-refractivity contribution is -0.149. The zero-order chi connectivity index (χ0) is 45.8. The van der Waals surface area contributed by atoms with Crippen LogP contribution in [-0.4, -0.2) is 107 Å². The van der Waals surface area contributed by atoms with Crippen molar-refractivity contribution in [1.29, 1.82) is 0 Å². The first kappa shape index (κ1) is 56.7. The predicted octanol–water partition coefficient (Wildman–Crippen LogP) is 0.630. The van der Waals surface area contributed by atoms with Crippen molar-refractivity contribution in [2.45, 2.75) is 76.3 Å². The van der Waals surface area contributed by atoms with Crippen molar-refractivity contribution in [3.63, 3.8) is 0 Å². The normalized spacial score (nSPS) is 14.5. The molecule has 19 nitrogen and oxygen atoms in total. The summed E-state index contributed by atoms with van der Waals surface area (Å²) in [6.45, 7) is -0.604. The molecule has 2 amide bonds. The van der Waals surface area contributed by atoms with Crippen molar-refractivity contribution in [1.82, 2.24) is 39.3 Å². The standard InChI is InChI=1S/2C16H15F6N5O.H3O4P.3H2O/c2*17-10-6-12(19)11(18)4-8(10)3-9(23)5-14(28)26-1-2-27-13(7-26)24-25-15(27)16(20,21)22;1-5(2,3)4;;;/h2*4,6,9H,1-3,5,7,23H2;(H3,1,2,3,4);3*1H2. The maximum absolute atomic E-state index is 13.7. The fourth-order valence-electron chi connectivity index (χ4n) is 6.02. The zero-order valence-corrected chi connectivity index (χ0v) is 33.2. The lowest BCUT2D eigenvalue weighted by Crippen LogP contribution is -2.42. The van der Waals surface area contributed by atoms with Gasteiger partial charge >= 0.3 is 20.2 Å². The number of aromatic nitrogens is 6. The molecule has 4 aromatic rings. The minimum atomic E-state index is -4.64. The lowest BCUT2D eigenvalue weighted by atomic mass is 10.0. The van der Waals surface area contributed by atoms with Crippen LogP contribution in [0.15, 0.2) is 24.3 Å². The van der Waals surface area contributed by atoms with E-state index in [1.807, 2.05) is 0 Å². The van der Waals surface area contributed by atoms with E-state index in [9.17, 15) is 62.3 Å². The SMILES string of the molecule is NC(CC(=O)N1CCn2c(nnc2C(F)(F)F)C1)Cc1cc(F)c(F)cc1F.NC(CC(=O)N1CCn2c(nnc2C(F)(F)F)C1)Cc1cc(F)c(F)cc1F.O.O.O.O=P(O)(O)O. The molecule has 32 heteroatoms. The first-order chi connectivity index (χ1) is 28.1. The molecular formula is C32H39F12N10O9P. The molecule has 0 aliphatic carbocycles. The number of hydrogen-bond acceptors (Lipinski definition) is 9. The number of alkyl halides is 6. The van der Waals surface area contributed by atoms with Crippen molar-refractivity contribution in [3.05, 3.63) is 93.6 Å². The van der Waals surface area contributed by atoms with Gasteiger partial charge in [-0.15, -0.1) is 20.4 Å². The summed E-state index contributed by atoms with van der Waals surface area (Å²) in [6, 6.07) is 0.368. The molecule has 0 radical (unpaired) electrons. The fraction of sp³-hybridized carbons (Fsp3) is 0.438. The zero-order valence-electron chi connectivity index (χ0n) is 32.3. The molecule has 2 aromatic carbocycles. The van der Waals surface area contributed by atoms with Gasteiger partial charge in [-0.3, -0.25) is 9.59 Å². The molecule has 6 rings (SSSR count). The molecule has 2 aliphatic rings. The van der Waals surface area contributed by atoms with Crippen LogP contribution in [-0.2, 0) is 65.5 Å². The summed E-state index contributed by atoms with van der Waals surface area (Å²) in [5.41, 5.74) is 11.3. The minimum absolute atomic E-state index is 0. The highest BCUT2D eigenvalue weighted by atomic mass is 31.2. The average Bonchev–Trinajstić information content (AvgIpc) is 3.77. The van der Waals surface area contributed by atoms with Crippen LogP contribution in [0, 0.1) is 34.9 Å². The van der Waals surface area contributed by atoms with Crippen LogP contribution in [0.3, 0.4) is 0 Å². The van der Waals surface area contributed by atoms with Gasteiger partial charge in [0.15, 0.2) is 34.9 Å². The number of carbonyl (C=O) groups is 2. The van der Waals surface area contributed by atoms with Crippen LogP contribution in [0.4, 0.5) is 52.7 Å². The molecule has 0 spiro atoms. The van der Waals surface area contributed by atoms with Crippen molar-refractivity contribution in [2.75, 3.05) is 13.1 Å². The second-order valence-corrected chi connectivity index (χ2v) is 14.4. The summed E-state index contributed by atoms with van der Waals surface area (Å²) in [5, 5.41) is 13.2. The summed E-state index contributed by atoms with van der Waals surface area (Å²) < 4.78 is 167. The van der Waals surface area contributed by atoms with Crippen molar-refractivity contribution in [3.8, 4) is 0 Å². The Morgan fingerprint density at radius 1 is 0.578 bits per heavy atom. The van der Waals surface area contributed by atoms with E-state index < -0.39 is 90.6 Å². The van der Waals surface area contributed by atoms with E-state index in [0.29, 0.717) is 24.3 Å². The minimum Gasteiger partial charge on any atom is -0.412 e. The van der Waals surface area contributed by atoms with Gasteiger partial charge in [0.2, 0.25) is 23.5 Å². The molecule has 4 heterocycles. The second-order valence-electron chi connectivity index (χ2n) is 13.4. The number of halogens is 12. The van der Waals surface area contributed by atoms with E-state index in [0.717, 1.165) is 9.13 Å². The van der Waals surface area contributed by atoms with Crippen LogP contribution >= 0.6 is 7.82 Å². The first-order valence-electron chi connectivity index (χ1n) is 17.2. The first-order valence-corrected chi connectivity index (χ1v) is 18.8.